The maximum Gasteiger partial charge on any atom is 1.00 e. The molecule has 6 N–H and O–H groups in total. The molecule has 0 aliphatic rings. The number of carbonyl (C=O) groups excluding carboxylic acids is 3. The largest absolute Gasteiger partial charge is 1.00 e. The third kappa shape index (κ3) is 276. The number of ketones is 1. The summed E-state index contributed by atoms with van der Waals surface area (Å²) in [7, 11) is 1.00. The fraction of sp³-hybridized carbons (Fsp3) is 0.571. The molecule has 0 fully saturated rings. The molecule has 0 radical (unpaired) electrons. The first-order valence-corrected chi connectivity index (χ1v) is 7.22. The SMILES string of the molecule is CC(=O)O.CC(=O)OCC(=O)O.CC(C)=O.CO.O=C(O)CCl.O=C([O-])CO.[K+].[K+].[OH-]. The van der Waals surface area contributed by atoms with Crippen molar-refractivity contribution in [3.63, 3.8) is 0 Å². The first kappa shape index (κ1) is 57.9. The molecule has 0 aromatic rings. The summed E-state index contributed by atoms with van der Waals surface area (Å²) < 4.78 is 4.06. The second-order valence-corrected chi connectivity index (χ2v) is 3.93. The molecular formula is C14H27ClK2O14. The standard InChI is InChI=1S/C4H6O4.C3H6O.C2H3ClO2.C2H4O3.C2H4O2.CH4O.2K.H2O/c1-3(5)8-2-4(6)7;1-3(2)4;2*3-1-2(4)5;1-2(3)4;1-2;;;/h2H2,1H3,(H,6,7);1-2H3;1H2,(H,4,5);3H,1H2,(H,4,5);1H3,(H,3,4);2H,1H3;;;1H2/q;;;;;;2*+1;/p-2. The number of Topliss-reactive ketones (excluding diaryl/α,β-unsaturated/α-hetero) is 1. The van der Waals surface area contributed by atoms with Crippen LogP contribution >= 0.6 is 11.6 Å². The number of aliphatic carboxylic acids is 4. The van der Waals surface area contributed by atoms with Crippen molar-refractivity contribution in [3.8, 4) is 0 Å². The molecule has 0 unspecified atom stereocenters. The van der Waals surface area contributed by atoms with Gasteiger partial charge in [0.05, 0.1) is 12.6 Å². The number of carboxylic acid groups (broad SMARTS) is 4. The van der Waals surface area contributed by atoms with E-state index >= 15 is 0 Å². The maximum absolute atomic E-state index is 9.86. The molecule has 0 aromatic carbocycles. The zero-order valence-corrected chi connectivity index (χ0v) is 25.5. The second kappa shape index (κ2) is 52.4. The molecule has 0 bridgehead atoms. The van der Waals surface area contributed by atoms with Crippen molar-refractivity contribution in [1.29, 1.82) is 0 Å². The van der Waals surface area contributed by atoms with Crippen molar-refractivity contribution < 1.29 is 172 Å². The summed E-state index contributed by atoms with van der Waals surface area (Å²) in [6.07, 6.45) is 0. The van der Waals surface area contributed by atoms with Crippen LogP contribution in [0.4, 0.5) is 0 Å². The van der Waals surface area contributed by atoms with Crippen molar-refractivity contribution in [2.24, 2.45) is 0 Å². The monoisotopic (exact) mass is 532 g/mol. The van der Waals surface area contributed by atoms with Gasteiger partial charge in [-0.15, -0.1) is 11.6 Å². The van der Waals surface area contributed by atoms with Crippen LogP contribution in [0.5, 0.6) is 0 Å². The molecule has 0 atom stereocenters. The smallest absolute Gasteiger partial charge is 0.870 e. The minimum absolute atomic E-state index is 0. The van der Waals surface area contributed by atoms with Crippen molar-refractivity contribution in [1.82, 2.24) is 0 Å². The number of hydrogen-bond acceptors (Lipinski definition) is 11. The Kier molecular flexibility index (Phi) is 97.8. The molecular weight excluding hydrogens is 506 g/mol. The van der Waals surface area contributed by atoms with Crippen LogP contribution in [-0.4, -0.2) is 92.8 Å². The molecule has 0 aliphatic carbocycles. The van der Waals surface area contributed by atoms with E-state index in [0.717, 1.165) is 21.0 Å². The van der Waals surface area contributed by atoms with E-state index in [1.165, 1.54) is 13.8 Å². The molecule has 14 nitrogen and oxygen atoms in total. The topological polar surface area (TPSA) is 266 Å². The summed E-state index contributed by atoms with van der Waals surface area (Å²) in [5.74, 6) is -5.11. The zero-order valence-electron chi connectivity index (χ0n) is 18.4. The second-order valence-electron chi connectivity index (χ2n) is 3.66. The molecule has 0 saturated heterocycles. The van der Waals surface area contributed by atoms with E-state index in [2.05, 4.69) is 4.74 Å². The summed E-state index contributed by atoms with van der Waals surface area (Å²) in [6, 6.07) is 0. The third-order valence-corrected chi connectivity index (χ3v) is 0.871. The van der Waals surface area contributed by atoms with Crippen LogP contribution in [-0.2, 0) is 33.5 Å². The maximum atomic E-state index is 9.86. The number of rotatable bonds is 4. The van der Waals surface area contributed by atoms with E-state index in [4.69, 9.17) is 51.8 Å². The number of aliphatic hydroxyl groups is 2. The molecule has 0 saturated carbocycles. The minimum atomic E-state index is -1.44. The van der Waals surface area contributed by atoms with Crippen molar-refractivity contribution in [2.75, 3.05) is 26.2 Å². The van der Waals surface area contributed by atoms with Crippen LogP contribution in [0, 0.1) is 0 Å². The normalized spacial score (nSPS) is 6.32. The quantitative estimate of drug-likeness (QED) is 0.128. The number of hydrogen-bond donors (Lipinski definition) is 5. The van der Waals surface area contributed by atoms with Crippen molar-refractivity contribution in [3.05, 3.63) is 0 Å². The number of esters is 1. The van der Waals surface area contributed by atoms with Crippen LogP contribution in [0.25, 0.3) is 0 Å². The van der Waals surface area contributed by atoms with Gasteiger partial charge in [-0.2, -0.15) is 0 Å². The fourth-order valence-corrected chi connectivity index (χ4v) is 0.163. The Balaban J connectivity index is -0.0000000273. The molecule has 0 heterocycles. The first-order valence-electron chi connectivity index (χ1n) is 6.68. The third-order valence-electron chi connectivity index (χ3n) is 0.642. The van der Waals surface area contributed by atoms with Crippen LogP contribution in [0.3, 0.4) is 0 Å². The van der Waals surface area contributed by atoms with Crippen molar-refractivity contribution in [2.45, 2.75) is 27.7 Å². The molecule has 0 aromatic heterocycles. The molecule has 17 heteroatoms. The predicted octanol–water partition coefficient (Wildman–Crippen LogP) is -8.20. The number of halogens is 1. The summed E-state index contributed by atoms with van der Waals surface area (Å²) >= 11 is 4.74. The molecule has 176 valence electrons. The number of alkyl halides is 1. The van der Waals surface area contributed by atoms with Gasteiger partial charge < -0.3 is 50.4 Å². The summed E-state index contributed by atoms with van der Waals surface area (Å²) in [6.45, 7) is 3.86. The van der Waals surface area contributed by atoms with E-state index in [1.54, 1.807) is 0 Å². The molecule has 0 amide bonds. The summed E-state index contributed by atoms with van der Waals surface area (Å²) in [5.41, 5.74) is 0. The first-order chi connectivity index (χ1) is 12.6. The minimum Gasteiger partial charge on any atom is -0.870 e. The molecule has 31 heavy (non-hydrogen) atoms. The summed E-state index contributed by atoms with van der Waals surface area (Å²) in [5, 5.41) is 46.4. The van der Waals surface area contributed by atoms with Gasteiger partial charge in [-0.3, -0.25) is 14.4 Å². The van der Waals surface area contributed by atoms with E-state index < -0.39 is 43.1 Å². The zero-order chi connectivity index (χ0) is 24.3. The van der Waals surface area contributed by atoms with Gasteiger partial charge in [0.2, 0.25) is 0 Å². The Morgan fingerprint density at radius 2 is 1.03 bits per heavy atom. The average Bonchev–Trinajstić information content (AvgIpc) is 2.54. The Hall–Kier alpha value is 0.463. The molecule has 0 rings (SSSR count). The van der Waals surface area contributed by atoms with E-state index in [-0.39, 0.29) is 120 Å². The Morgan fingerprint density at radius 3 is 1.06 bits per heavy atom. The summed E-state index contributed by atoms with van der Waals surface area (Å²) in [4.78, 5) is 56.2. The predicted molar refractivity (Wildman–Crippen MR) is 94.5 cm³/mol. The van der Waals surface area contributed by atoms with E-state index in [9.17, 15) is 19.2 Å². The Bertz CT molecular complexity index is 399. The van der Waals surface area contributed by atoms with Crippen LogP contribution < -0.4 is 108 Å². The van der Waals surface area contributed by atoms with Gasteiger partial charge in [-0.25, -0.2) is 4.79 Å². The Morgan fingerprint density at radius 1 is 0.839 bits per heavy atom. The van der Waals surface area contributed by atoms with Crippen LogP contribution in [0.15, 0.2) is 0 Å². The van der Waals surface area contributed by atoms with Gasteiger partial charge in [-0.1, -0.05) is 0 Å². The van der Waals surface area contributed by atoms with Gasteiger partial charge >= 0.3 is 121 Å². The van der Waals surface area contributed by atoms with Gasteiger partial charge in [0.15, 0.2) is 6.61 Å². The van der Waals surface area contributed by atoms with Gasteiger partial charge in [0, 0.05) is 21.0 Å². The average molecular weight is 533 g/mol. The Labute approximate surface area is 269 Å². The van der Waals surface area contributed by atoms with Crippen LogP contribution in [0.1, 0.15) is 27.7 Å². The number of aliphatic hydroxyl groups excluding tert-OH is 2. The van der Waals surface area contributed by atoms with E-state index in [1.807, 2.05) is 0 Å². The number of carboxylic acids is 4. The molecule has 0 spiro atoms. The van der Waals surface area contributed by atoms with Crippen LogP contribution in [0.2, 0.25) is 0 Å². The van der Waals surface area contributed by atoms with Crippen molar-refractivity contribution >= 4 is 47.2 Å². The van der Waals surface area contributed by atoms with Gasteiger partial charge in [-0.05, 0) is 13.8 Å². The van der Waals surface area contributed by atoms with E-state index in [0.29, 0.717) is 0 Å². The fourth-order valence-electron chi connectivity index (χ4n) is 0.163. The number of ether oxygens (including phenoxy) is 1. The van der Waals surface area contributed by atoms with Gasteiger partial charge in [0.1, 0.15) is 11.7 Å². The molecule has 0 aliphatic heterocycles. The van der Waals surface area contributed by atoms with Gasteiger partial charge in [0.25, 0.3) is 5.97 Å². The number of carbonyl (C=O) groups is 6.